The molecule has 0 aliphatic carbocycles. The Bertz CT molecular complexity index is 1010. The van der Waals surface area contributed by atoms with Gasteiger partial charge in [-0.15, -0.1) is 0 Å². The fourth-order valence-corrected chi connectivity index (χ4v) is 3.98. The predicted molar refractivity (Wildman–Crippen MR) is 125 cm³/mol. The summed E-state index contributed by atoms with van der Waals surface area (Å²) >= 11 is 0. The third-order valence-electron chi connectivity index (χ3n) is 4.58. The lowest BCUT2D eigenvalue weighted by molar-refractivity contribution is -0.119. The summed E-state index contributed by atoms with van der Waals surface area (Å²) in [6.07, 6.45) is 2.61. The third kappa shape index (κ3) is 7.64. The van der Waals surface area contributed by atoms with E-state index < -0.39 is 15.9 Å². The Labute approximate surface area is 190 Å². The molecule has 9 heteroatoms. The summed E-state index contributed by atoms with van der Waals surface area (Å²) in [7, 11) is -0.819. The number of ether oxygens (including phenoxy) is 3. The van der Waals surface area contributed by atoms with Crippen LogP contribution in [0.5, 0.6) is 17.2 Å². The molecule has 2 aromatic carbocycles. The van der Waals surface area contributed by atoms with Crippen LogP contribution in [0, 0.1) is 0 Å². The normalized spacial score (nSPS) is 11.2. The summed E-state index contributed by atoms with van der Waals surface area (Å²) in [6, 6.07) is 12.6. The van der Waals surface area contributed by atoms with Crippen molar-refractivity contribution in [1.29, 1.82) is 0 Å². The van der Waals surface area contributed by atoms with Crippen LogP contribution in [0.3, 0.4) is 0 Å². The Morgan fingerprint density at radius 2 is 1.81 bits per heavy atom. The molecule has 1 N–H and O–H groups in total. The van der Waals surface area contributed by atoms with E-state index in [0.29, 0.717) is 24.5 Å². The highest BCUT2D eigenvalue weighted by atomic mass is 32.2. The Kier molecular flexibility index (Phi) is 9.19. The molecule has 0 unspecified atom stereocenters. The smallest absolute Gasteiger partial charge is 0.240 e. The van der Waals surface area contributed by atoms with E-state index in [0.717, 1.165) is 28.3 Å². The molecule has 2 aromatic rings. The van der Waals surface area contributed by atoms with Gasteiger partial charge in [0.15, 0.2) is 0 Å². The fourth-order valence-electron chi connectivity index (χ4n) is 3.13. The Morgan fingerprint density at radius 3 is 2.44 bits per heavy atom. The summed E-state index contributed by atoms with van der Waals surface area (Å²) in [5, 5.41) is 2.79. The largest absolute Gasteiger partial charge is 0.497 e. The third-order valence-corrected chi connectivity index (χ3v) is 5.70. The molecular formula is C23H32N2O6S. The number of hydrogen-bond acceptors (Lipinski definition) is 6. The van der Waals surface area contributed by atoms with Gasteiger partial charge < -0.3 is 19.5 Å². The summed E-state index contributed by atoms with van der Waals surface area (Å²) in [6.45, 7) is 4.01. The molecular weight excluding hydrogens is 432 g/mol. The minimum absolute atomic E-state index is 0.102. The zero-order valence-corrected chi connectivity index (χ0v) is 20.1. The van der Waals surface area contributed by atoms with Gasteiger partial charge in [0.05, 0.1) is 32.3 Å². The van der Waals surface area contributed by atoms with Gasteiger partial charge in [0.25, 0.3) is 0 Å². The van der Waals surface area contributed by atoms with E-state index in [1.165, 1.54) is 20.3 Å². The minimum atomic E-state index is -3.74. The zero-order chi connectivity index (χ0) is 23.7. The lowest BCUT2D eigenvalue weighted by Gasteiger charge is -2.24. The second-order valence-electron chi connectivity index (χ2n) is 7.57. The van der Waals surface area contributed by atoms with Crippen molar-refractivity contribution >= 4 is 21.6 Å². The maximum atomic E-state index is 12.5. The molecule has 0 aromatic heterocycles. The van der Waals surface area contributed by atoms with Crippen molar-refractivity contribution in [3.05, 3.63) is 48.0 Å². The molecule has 0 saturated carbocycles. The number of sulfonamides is 1. The lowest BCUT2D eigenvalue weighted by Crippen LogP contribution is -2.40. The lowest BCUT2D eigenvalue weighted by atomic mass is 10.1. The molecule has 0 saturated heterocycles. The van der Waals surface area contributed by atoms with Gasteiger partial charge in [-0.2, -0.15) is 0 Å². The number of amides is 1. The van der Waals surface area contributed by atoms with E-state index >= 15 is 0 Å². The number of carbonyl (C=O) groups is 1. The van der Waals surface area contributed by atoms with Gasteiger partial charge in [0, 0.05) is 12.6 Å². The van der Waals surface area contributed by atoms with Crippen LogP contribution in [0.25, 0.3) is 0 Å². The fraction of sp³-hybridized carbons (Fsp3) is 0.435. The molecule has 1 amide bonds. The monoisotopic (exact) mass is 464 g/mol. The van der Waals surface area contributed by atoms with Crippen molar-refractivity contribution in [3.8, 4) is 17.2 Å². The molecule has 0 spiro atoms. The quantitative estimate of drug-likeness (QED) is 0.486. The Morgan fingerprint density at radius 1 is 1.06 bits per heavy atom. The molecule has 0 heterocycles. The number of rotatable bonds is 12. The van der Waals surface area contributed by atoms with Crippen molar-refractivity contribution in [1.82, 2.24) is 5.32 Å². The number of methoxy groups -OCH3 is 2. The maximum absolute atomic E-state index is 12.5. The molecule has 0 bridgehead atoms. The highest BCUT2D eigenvalue weighted by Gasteiger charge is 2.24. The number of nitrogens with one attached hydrogen (secondary N) is 1. The van der Waals surface area contributed by atoms with Crippen molar-refractivity contribution in [3.63, 3.8) is 0 Å². The van der Waals surface area contributed by atoms with Gasteiger partial charge in [-0.1, -0.05) is 12.1 Å². The van der Waals surface area contributed by atoms with Crippen LogP contribution in [0.4, 0.5) is 5.69 Å². The second kappa shape index (κ2) is 11.6. The van der Waals surface area contributed by atoms with E-state index in [2.05, 4.69) is 5.32 Å². The topological polar surface area (TPSA) is 94.2 Å². The molecule has 0 aliphatic heterocycles. The number of aryl methyl sites for hydroxylation is 1. The minimum Gasteiger partial charge on any atom is -0.497 e. The average molecular weight is 465 g/mol. The van der Waals surface area contributed by atoms with Gasteiger partial charge in [0.1, 0.15) is 23.8 Å². The number of anilines is 1. The van der Waals surface area contributed by atoms with Gasteiger partial charge in [-0.05, 0) is 56.5 Å². The first-order valence-electron chi connectivity index (χ1n) is 10.4. The van der Waals surface area contributed by atoms with Gasteiger partial charge in [-0.25, -0.2) is 8.42 Å². The first-order chi connectivity index (χ1) is 15.1. The molecule has 2 rings (SSSR count). The summed E-state index contributed by atoms with van der Waals surface area (Å²) in [5.74, 6) is 1.20. The molecule has 0 radical (unpaired) electrons. The zero-order valence-electron chi connectivity index (χ0n) is 19.3. The van der Waals surface area contributed by atoms with Crippen LogP contribution in [0.15, 0.2) is 42.5 Å². The number of carbonyl (C=O) groups excluding carboxylic acids is 1. The maximum Gasteiger partial charge on any atom is 0.240 e. The summed E-state index contributed by atoms with van der Waals surface area (Å²) in [5.41, 5.74) is 1.35. The van der Waals surface area contributed by atoms with E-state index in [9.17, 15) is 13.2 Å². The van der Waals surface area contributed by atoms with E-state index in [-0.39, 0.29) is 18.3 Å². The Hall–Kier alpha value is -2.94. The standard InChI is InChI=1S/C23H32N2O6S/c1-17(2)31-20-10-6-8-18(14-20)9-7-13-24-23(26)16-25(32(5,27)28)21-15-19(29-3)11-12-22(21)30-4/h6,8,10-12,14-15,17H,7,9,13,16H2,1-5H3,(H,24,26). The van der Waals surface area contributed by atoms with Crippen LogP contribution in [-0.2, 0) is 21.2 Å². The highest BCUT2D eigenvalue weighted by Crippen LogP contribution is 2.33. The number of benzene rings is 2. The van der Waals surface area contributed by atoms with Crippen LogP contribution >= 0.6 is 0 Å². The van der Waals surface area contributed by atoms with Crippen LogP contribution in [0.1, 0.15) is 25.8 Å². The van der Waals surface area contributed by atoms with Crippen LogP contribution in [0.2, 0.25) is 0 Å². The first-order valence-corrected chi connectivity index (χ1v) is 12.2. The molecule has 32 heavy (non-hydrogen) atoms. The van der Waals surface area contributed by atoms with Gasteiger partial charge in [-0.3, -0.25) is 9.10 Å². The van der Waals surface area contributed by atoms with Crippen molar-refractivity contribution < 1.29 is 27.4 Å². The average Bonchev–Trinajstić information content (AvgIpc) is 2.73. The summed E-state index contributed by atoms with van der Waals surface area (Å²) < 4.78 is 42.0. The van der Waals surface area contributed by atoms with Crippen molar-refractivity contribution in [2.24, 2.45) is 0 Å². The molecule has 0 atom stereocenters. The van der Waals surface area contributed by atoms with E-state index in [1.54, 1.807) is 12.1 Å². The van der Waals surface area contributed by atoms with Gasteiger partial charge in [0.2, 0.25) is 15.9 Å². The van der Waals surface area contributed by atoms with Crippen molar-refractivity contribution in [2.45, 2.75) is 32.8 Å². The first kappa shape index (κ1) is 25.3. The second-order valence-corrected chi connectivity index (χ2v) is 9.48. The number of hydrogen-bond donors (Lipinski definition) is 1. The summed E-state index contributed by atoms with van der Waals surface area (Å²) in [4.78, 5) is 12.5. The van der Waals surface area contributed by atoms with Gasteiger partial charge >= 0.3 is 0 Å². The highest BCUT2D eigenvalue weighted by molar-refractivity contribution is 7.92. The predicted octanol–water partition coefficient (Wildman–Crippen LogP) is 3.01. The van der Waals surface area contributed by atoms with Crippen LogP contribution < -0.4 is 23.8 Å². The molecule has 176 valence electrons. The Balaban J connectivity index is 1.98. The molecule has 8 nitrogen and oxygen atoms in total. The molecule has 0 fully saturated rings. The van der Waals surface area contributed by atoms with E-state index in [1.807, 2.05) is 38.1 Å². The molecule has 0 aliphatic rings. The SMILES string of the molecule is COc1ccc(OC)c(N(CC(=O)NCCCc2cccc(OC(C)C)c2)S(C)(=O)=O)c1. The van der Waals surface area contributed by atoms with Crippen molar-refractivity contribution in [2.75, 3.05) is 37.9 Å². The number of nitrogens with zero attached hydrogens (tertiary/aromatic N) is 1. The van der Waals surface area contributed by atoms with Crippen LogP contribution in [-0.4, -0.2) is 54.0 Å². The van der Waals surface area contributed by atoms with E-state index in [4.69, 9.17) is 14.2 Å².